The lowest BCUT2D eigenvalue weighted by molar-refractivity contribution is 0.247. The summed E-state index contributed by atoms with van der Waals surface area (Å²) >= 11 is 0. The second-order valence-electron chi connectivity index (χ2n) is 2.84. The van der Waals surface area contributed by atoms with E-state index in [2.05, 4.69) is 0 Å². The predicted octanol–water partition coefficient (Wildman–Crippen LogP) is -0.311. The van der Waals surface area contributed by atoms with Gasteiger partial charge in [0.2, 0.25) is 10.0 Å². The van der Waals surface area contributed by atoms with Gasteiger partial charge in [0.15, 0.2) is 0 Å². The number of urea groups is 1. The Labute approximate surface area is 87.5 Å². The van der Waals surface area contributed by atoms with Gasteiger partial charge in [-0.1, -0.05) is 30.3 Å². The minimum absolute atomic E-state index is 0.214. The second kappa shape index (κ2) is 4.76. The zero-order chi connectivity index (χ0) is 11.3. The van der Waals surface area contributed by atoms with Gasteiger partial charge in [0.05, 0.1) is 5.75 Å². The summed E-state index contributed by atoms with van der Waals surface area (Å²) in [5, 5.41) is 0. The Morgan fingerprint density at radius 2 is 1.87 bits per heavy atom. The highest BCUT2D eigenvalue weighted by Gasteiger charge is 2.10. The molecule has 0 radical (unpaired) electrons. The zero-order valence-electron chi connectivity index (χ0n) is 7.80. The molecule has 0 heterocycles. The largest absolute Gasteiger partial charge is 0.351 e. The van der Waals surface area contributed by atoms with Crippen molar-refractivity contribution in [2.45, 2.75) is 5.75 Å². The molecule has 0 saturated heterocycles. The fourth-order valence-electron chi connectivity index (χ4n) is 0.958. The molecule has 0 spiro atoms. The van der Waals surface area contributed by atoms with Crippen LogP contribution in [0.25, 0.3) is 0 Å². The first kappa shape index (κ1) is 11.5. The van der Waals surface area contributed by atoms with Crippen LogP contribution in [0, 0.1) is 0 Å². The first-order chi connectivity index (χ1) is 6.99. The Balaban J connectivity index is 2.61. The van der Waals surface area contributed by atoms with E-state index in [9.17, 15) is 13.2 Å². The number of carbonyl (C=O) groups excluding carboxylic acids is 1. The average Bonchev–Trinajstić information content (AvgIpc) is 2.16. The summed E-state index contributed by atoms with van der Waals surface area (Å²) in [5.74, 6) is -0.214. The van der Waals surface area contributed by atoms with Crippen molar-refractivity contribution in [2.75, 3.05) is 0 Å². The van der Waals surface area contributed by atoms with E-state index in [-0.39, 0.29) is 5.75 Å². The molecule has 15 heavy (non-hydrogen) atoms. The molecule has 0 aliphatic carbocycles. The minimum Gasteiger partial charge on any atom is -0.351 e. The van der Waals surface area contributed by atoms with E-state index in [0.29, 0.717) is 5.56 Å². The van der Waals surface area contributed by atoms with Crippen molar-refractivity contribution < 1.29 is 13.2 Å². The van der Waals surface area contributed by atoms with Crippen LogP contribution >= 0.6 is 0 Å². The van der Waals surface area contributed by atoms with Crippen LogP contribution in [-0.4, -0.2) is 14.4 Å². The van der Waals surface area contributed by atoms with Crippen LogP contribution in [0.4, 0.5) is 4.79 Å². The third-order valence-electron chi connectivity index (χ3n) is 1.53. The van der Waals surface area contributed by atoms with Gasteiger partial charge in [-0.3, -0.25) is 5.43 Å². The van der Waals surface area contributed by atoms with Crippen LogP contribution in [0.2, 0.25) is 0 Å². The van der Waals surface area contributed by atoms with E-state index < -0.39 is 16.1 Å². The molecule has 0 aromatic heterocycles. The number of sulfonamides is 1. The molecule has 0 atom stereocenters. The van der Waals surface area contributed by atoms with Crippen LogP contribution in [-0.2, 0) is 15.8 Å². The Morgan fingerprint density at radius 3 is 2.40 bits per heavy atom. The molecule has 6 nitrogen and oxygen atoms in total. The molecule has 4 N–H and O–H groups in total. The van der Waals surface area contributed by atoms with Gasteiger partial charge in [-0.2, -0.15) is 0 Å². The van der Waals surface area contributed by atoms with Crippen molar-refractivity contribution >= 4 is 16.1 Å². The molecule has 1 aromatic carbocycles. The number of rotatable bonds is 4. The summed E-state index contributed by atoms with van der Waals surface area (Å²) in [6.07, 6.45) is 0. The third-order valence-corrected chi connectivity index (χ3v) is 2.66. The molecule has 0 aliphatic heterocycles. The molecule has 1 aromatic rings. The fraction of sp³-hybridized carbons (Fsp3) is 0.125. The van der Waals surface area contributed by atoms with Crippen LogP contribution < -0.4 is 16.0 Å². The third kappa shape index (κ3) is 4.43. The maximum absolute atomic E-state index is 11.3. The van der Waals surface area contributed by atoms with Crippen molar-refractivity contribution in [3.63, 3.8) is 0 Å². The molecule has 1 rings (SSSR count). The molecule has 0 unspecified atom stereocenters. The normalized spacial score (nSPS) is 10.9. The first-order valence-electron chi connectivity index (χ1n) is 4.08. The standard InChI is InChI=1S/C8H11N3O3S/c9-8(12)10-11-15(13,14)6-7-4-2-1-3-5-7/h1-5,11H,6H2,(H3,9,10,12). The van der Waals surface area contributed by atoms with E-state index >= 15 is 0 Å². The van der Waals surface area contributed by atoms with Gasteiger partial charge in [0.25, 0.3) is 0 Å². The van der Waals surface area contributed by atoms with Gasteiger partial charge < -0.3 is 5.73 Å². The maximum atomic E-state index is 11.3. The van der Waals surface area contributed by atoms with Crippen LogP contribution in [0.1, 0.15) is 5.56 Å². The fourth-order valence-corrected chi connectivity index (χ4v) is 1.92. The summed E-state index contributed by atoms with van der Waals surface area (Å²) in [5.41, 5.74) is 7.14. The summed E-state index contributed by atoms with van der Waals surface area (Å²) in [6, 6.07) is 7.63. The number of hydrazine groups is 1. The number of carbonyl (C=O) groups is 1. The number of hydrogen-bond acceptors (Lipinski definition) is 3. The molecule has 7 heteroatoms. The van der Waals surface area contributed by atoms with Gasteiger partial charge in [0, 0.05) is 0 Å². The number of nitrogens with one attached hydrogen (secondary N) is 2. The second-order valence-corrected chi connectivity index (χ2v) is 4.56. The SMILES string of the molecule is NC(=O)NNS(=O)(=O)Cc1ccccc1. The maximum Gasteiger partial charge on any atom is 0.327 e. The van der Waals surface area contributed by atoms with E-state index in [1.165, 1.54) is 0 Å². The van der Waals surface area contributed by atoms with E-state index in [1.54, 1.807) is 35.8 Å². The summed E-state index contributed by atoms with van der Waals surface area (Å²) < 4.78 is 22.6. The van der Waals surface area contributed by atoms with Crippen molar-refractivity contribution in [3.8, 4) is 0 Å². The monoisotopic (exact) mass is 229 g/mol. The summed E-state index contributed by atoms with van der Waals surface area (Å²) in [6.45, 7) is 0. The highest BCUT2D eigenvalue weighted by molar-refractivity contribution is 7.88. The molecular weight excluding hydrogens is 218 g/mol. The van der Waals surface area contributed by atoms with Crippen LogP contribution in [0.5, 0.6) is 0 Å². The first-order valence-corrected chi connectivity index (χ1v) is 5.74. The average molecular weight is 229 g/mol. The molecule has 0 aliphatic rings. The molecule has 0 bridgehead atoms. The smallest absolute Gasteiger partial charge is 0.327 e. The predicted molar refractivity (Wildman–Crippen MR) is 54.9 cm³/mol. The summed E-state index contributed by atoms with van der Waals surface area (Å²) in [4.78, 5) is 12.1. The van der Waals surface area contributed by atoms with Crippen LogP contribution in [0.15, 0.2) is 30.3 Å². The molecular formula is C8H11N3O3S. The topological polar surface area (TPSA) is 101 Å². The number of hydrogen-bond donors (Lipinski definition) is 3. The number of nitrogens with two attached hydrogens (primary N) is 1. The zero-order valence-corrected chi connectivity index (χ0v) is 8.62. The lowest BCUT2D eigenvalue weighted by atomic mass is 10.2. The molecule has 2 amide bonds. The highest BCUT2D eigenvalue weighted by Crippen LogP contribution is 2.02. The summed E-state index contributed by atoms with van der Waals surface area (Å²) in [7, 11) is -3.59. The minimum atomic E-state index is -3.59. The van der Waals surface area contributed by atoms with E-state index in [0.717, 1.165) is 0 Å². The highest BCUT2D eigenvalue weighted by atomic mass is 32.2. The lowest BCUT2D eigenvalue weighted by Gasteiger charge is -2.05. The van der Waals surface area contributed by atoms with E-state index in [4.69, 9.17) is 5.73 Å². The number of primary amides is 1. The van der Waals surface area contributed by atoms with Crippen molar-refractivity contribution in [2.24, 2.45) is 5.73 Å². The molecule has 0 saturated carbocycles. The van der Waals surface area contributed by atoms with Gasteiger partial charge >= 0.3 is 6.03 Å². The quantitative estimate of drug-likeness (QED) is 0.617. The molecule has 0 fully saturated rings. The van der Waals surface area contributed by atoms with Crippen LogP contribution in [0.3, 0.4) is 0 Å². The van der Waals surface area contributed by atoms with Gasteiger partial charge in [-0.15, -0.1) is 4.83 Å². The number of benzene rings is 1. The van der Waals surface area contributed by atoms with E-state index in [1.807, 2.05) is 4.83 Å². The van der Waals surface area contributed by atoms with Crippen molar-refractivity contribution in [1.29, 1.82) is 0 Å². The molecule has 82 valence electrons. The Hall–Kier alpha value is -1.60. The van der Waals surface area contributed by atoms with Crippen molar-refractivity contribution in [1.82, 2.24) is 10.3 Å². The number of amides is 2. The van der Waals surface area contributed by atoms with Gasteiger partial charge in [0.1, 0.15) is 0 Å². The van der Waals surface area contributed by atoms with Gasteiger partial charge in [-0.05, 0) is 5.56 Å². The Kier molecular flexibility index (Phi) is 3.64. The van der Waals surface area contributed by atoms with Gasteiger partial charge in [-0.25, -0.2) is 13.2 Å². The van der Waals surface area contributed by atoms with Crippen molar-refractivity contribution in [3.05, 3.63) is 35.9 Å². The Bertz CT molecular complexity index is 430. The lowest BCUT2D eigenvalue weighted by Crippen LogP contribution is -2.44. The Morgan fingerprint density at radius 1 is 1.27 bits per heavy atom.